The van der Waals surface area contributed by atoms with Crippen LogP contribution in [-0.4, -0.2) is 62.8 Å². The third kappa shape index (κ3) is 5.10. The summed E-state index contributed by atoms with van der Waals surface area (Å²) in [6.07, 6.45) is 3.03. The molecule has 0 bridgehead atoms. The number of carbonyl (C=O) groups excluding carboxylic acids is 2. The van der Waals surface area contributed by atoms with Crippen molar-refractivity contribution in [1.29, 1.82) is 0 Å². The Morgan fingerprint density at radius 3 is 2.38 bits per heavy atom. The second-order valence-corrected chi connectivity index (χ2v) is 9.34. The van der Waals surface area contributed by atoms with Crippen molar-refractivity contribution in [3.8, 4) is 5.75 Å². The number of rotatable bonds is 9. The number of benzene rings is 2. The molecule has 0 aromatic heterocycles. The van der Waals surface area contributed by atoms with Crippen LogP contribution in [0, 0.1) is 6.92 Å². The molecule has 0 atom stereocenters. The molecule has 0 radical (unpaired) electrons. The number of carbonyl (C=O) groups is 2. The molecule has 182 valence electrons. The van der Waals surface area contributed by atoms with Gasteiger partial charge in [0.1, 0.15) is 17.9 Å². The fourth-order valence-corrected chi connectivity index (χ4v) is 4.70. The highest BCUT2D eigenvalue weighted by Gasteiger charge is 2.51. The largest absolute Gasteiger partial charge is 0.492 e. The summed E-state index contributed by atoms with van der Waals surface area (Å²) < 4.78 is 16.4. The van der Waals surface area contributed by atoms with Crippen LogP contribution in [0.3, 0.4) is 0 Å². The van der Waals surface area contributed by atoms with Crippen LogP contribution in [0.2, 0.25) is 0 Å². The lowest BCUT2D eigenvalue weighted by atomic mass is 9.86. The summed E-state index contributed by atoms with van der Waals surface area (Å²) in [5, 5.41) is 3.36. The Hall–Kier alpha value is -2.90. The van der Waals surface area contributed by atoms with Gasteiger partial charge < -0.3 is 19.5 Å². The summed E-state index contributed by atoms with van der Waals surface area (Å²) in [5.74, 6) is 0.505. The predicted molar refractivity (Wildman–Crippen MR) is 129 cm³/mol. The minimum absolute atomic E-state index is 0.0309. The van der Waals surface area contributed by atoms with Crippen molar-refractivity contribution >= 4 is 11.9 Å². The number of hydrogen-bond donors (Lipinski definition) is 1. The van der Waals surface area contributed by atoms with E-state index < -0.39 is 5.54 Å². The quantitative estimate of drug-likeness (QED) is 0.571. The van der Waals surface area contributed by atoms with Crippen molar-refractivity contribution < 1.29 is 23.8 Å². The summed E-state index contributed by atoms with van der Waals surface area (Å²) in [4.78, 5) is 27.7. The number of nitrogens with one attached hydrogen (secondary N) is 1. The van der Waals surface area contributed by atoms with Crippen LogP contribution < -0.4 is 10.1 Å². The van der Waals surface area contributed by atoms with Crippen LogP contribution in [0.5, 0.6) is 5.75 Å². The average Bonchev–Trinajstić information content (AvgIpc) is 3.64. The SMILES string of the molecule is COC(=O)c1ccc(C2(NC(=O)C3(N(C)CCOc4cccc(C)c4)CCOCC3)CC2)cc1. The zero-order valence-corrected chi connectivity index (χ0v) is 20.3. The highest BCUT2D eigenvalue weighted by atomic mass is 16.5. The minimum atomic E-state index is -0.643. The molecule has 34 heavy (non-hydrogen) atoms. The number of hydrogen-bond acceptors (Lipinski definition) is 6. The first kappa shape index (κ1) is 24.2. The summed E-state index contributed by atoms with van der Waals surface area (Å²) >= 11 is 0. The smallest absolute Gasteiger partial charge is 0.337 e. The molecule has 2 aliphatic rings. The monoisotopic (exact) mass is 466 g/mol. The van der Waals surface area contributed by atoms with Crippen LogP contribution in [0.15, 0.2) is 48.5 Å². The van der Waals surface area contributed by atoms with Crippen molar-refractivity contribution in [2.75, 3.05) is 40.5 Å². The number of methoxy groups -OCH3 is 1. The number of aryl methyl sites for hydroxylation is 1. The summed E-state index contributed by atoms with van der Waals surface area (Å²) in [6, 6.07) is 15.3. The van der Waals surface area contributed by atoms with Crippen LogP contribution in [0.25, 0.3) is 0 Å². The van der Waals surface area contributed by atoms with E-state index >= 15 is 0 Å². The van der Waals surface area contributed by atoms with E-state index in [1.165, 1.54) is 7.11 Å². The lowest BCUT2D eigenvalue weighted by Crippen LogP contribution is -2.62. The molecule has 1 aliphatic carbocycles. The molecule has 7 nitrogen and oxygen atoms in total. The van der Waals surface area contributed by atoms with Gasteiger partial charge in [-0.15, -0.1) is 0 Å². The first-order chi connectivity index (χ1) is 16.4. The molecule has 2 aromatic rings. The van der Waals surface area contributed by atoms with Gasteiger partial charge in [0.05, 0.1) is 18.2 Å². The van der Waals surface area contributed by atoms with E-state index in [0.717, 1.165) is 29.7 Å². The molecule has 2 aromatic carbocycles. The molecule has 0 unspecified atom stereocenters. The first-order valence-corrected chi connectivity index (χ1v) is 11.9. The van der Waals surface area contributed by atoms with Crippen molar-refractivity contribution in [2.24, 2.45) is 0 Å². The zero-order chi connectivity index (χ0) is 24.2. The molecule has 1 amide bonds. The molecule has 1 heterocycles. The third-order valence-electron chi connectivity index (χ3n) is 7.12. The molecule has 1 N–H and O–H groups in total. The normalized spacial score (nSPS) is 18.2. The van der Waals surface area contributed by atoms with E-state index in [0.29, 0.717) is 44.8 Å². The predicted octanol–water partition coefficient (Wildman–Crippen LogP) is 3.45. The molecular weight excluding hydrogens is 432 g/mol. The van der Waals surface area contributed by atoms with E-state index in [2.05, 4.69) is 10.2 Å². The van der Waals surface area contributed by atoms with Gasteiger partial charge in [0.2, 0.25) is 5.91 Å². The summed E-state index contributed by atoms with van der Waals surface area (Å²) in [6.45, 7) is 4.27. The van der Waals surface area contributed by atoms with Gasteiger partial charge in [-0.3, -0.25) is 9.69 Å². The molecule has 7 heteroatoms. The zero-order valence-electron chi connectivity index (χ0n) is 20.3. The van der Waals surface area contributed by atoms with Crippen LogP contribution in [0.1, 0.15) is 47.2 Å². The lowest BCUT2D eigenvalue weighted by Gasteiger charge is -2.43. The van der Waals surface area contributed by atoms with Gasteiger partial charge >= 0.3 is 5.97 Å². The molecule has 0 spiro atoms. The van der Waals surface area contributed by atoms with Crippen LogP contribution >= 0.6 is 0 Å². The highest BCUT2D eigenvalue weighted by Crippen LogP contribution is 2.46. The number of nitrogens with zero attached hydrogens (tertiary/aromatic N) is 1. The maximum Gasteiger partial charge on any atom is 0.337 e. The van der Waals surface area contributed by atoms with E-state index in [4.69, 9.17) is 14.2 Å². The topological polar surface area (TPSA) is 77.1 Å². The molecule has 4 rings (SSSR count). The highest BCUT2D eigenvalue weighted by molar-refractivity contribution is 5.89. The molecule has 1 saturated heterocycles. The van der Waals surface area contributed by atoms with Gasteiger partial charge in [0.15, 0.2) is 0 Å². The molecular formula is C27H34N2O5. The Kier molecular flexibility index (Phi) is 7.24. The first-order valence-electron chi connectivity index (χ1n) is 11.9. The lowest BCUT2D eigenvalue weighted by molar-refractivity contribution is -0.140. The number of esters is 1. The number of likely N-dealkylation sites (N-methyl/N-ethyl adjacent to an activating group) is 1. The van der Waals surface area contributed by atoms with Crippen molar-refractivity contribution in [3.05, 3.63) is 65.2 Å². The van der Waals surface area contributed by atoms with Crippen molar-refractivity contribution in [2.45, 2.75) is 43.7 Å². The van der Waals surface area contributed by atoms with Crippen molar-refractivity contribution in [3.63, 3.8) is 0 Å². The summed E-state index contributed by atoms with van der Waals surface area (Å²) in [7, 11) is 3.36. The molecule has 2 fully saturated rings. The maximum atomic E-state index is 13.8. The van der Waals surface area contributed by atoms with E-state index in [9.17, 15) is 9.59 Å². The second-order valence-electron chi connectivity index (χ2n) is 9.34. The van der Waals surface area contributed by atoms with E-state index in [-0.39, 0.29) is 17.4 Å². The third-order valence-corrected chi connectivity index (χ3v) is 7.12. The van der Waals surface area contributed by atoms with Crippen LogP contribution in [0.4, 0.5) is 0 Å². The number of amides is 1. The standard InChI is InChI=1S/C27H34N2O5/c1-20-5-4-6-23(19-20)34-18-15-29(2)27(13-16-33-17-14-27)25(31)28-26(11-12-26)22-9-7-21(8-10-22)24(30)32-3/h4-10,19H,11-18H2,1-3H3,(H,28,31). The van der Waals surface area contributed by atoms with Gasteiger partial charge in [0.25, 0.3) is 0 Å². The van der Waals surface area contributed by atoms with Gasteiger partial charge in [0, 0.05) is 19.8 Å². The molecule has 1 saturated carbocycles. The van der Waals surface area contributed by atoms with Gasteiger partial charge in [-0.1, -0.05) is 24.3 Å². The van der Waals surface area contributed by atoms with Crippen LogP contribution in [-0.2, 0) is 19.8 Å². The Morgan fingerprint density at radius 1 is 1.06 bits per heavy atom. The molecule has 1 aliphatic heterocycles. The Labute approximate surface area is 201 Å². The second kappa shape index (κ2) is 10.2. The van der Waals surface area contributed by atoms with Crippen molar-refractivity contribution in [1.82, 2.24) is 10.2 Å². The van der Waals surface area contributed by atoms with E-state index in [1.807, 2.05) is 50.4 Å². The summed E-state index contributed by atoms with van der Waals surface area (Å²) in [5.41, 5.74) is 1.65. The van der Waals surface area contributed by atoms with Gasteiger partial charge in [-0.2, -0.15) is 0 Å². The minimum Gasteiger partial charge on any atom is -0.492 e. The van der Waals surface area contributed by atoms with E-state index in [1.54, 1.807) is 12.1 Å². The van der Waals surface area contributed by atoms with Gasteiger partial charge in [-0.25, -0.2) is 4.79 Å². The number of ether oxygens (including phenoxy) is 3. The Morgan fingerprint density at radius 2 is 1.76 bits per heavy atom. The van der Waals surface area contributed by atoms with Gasteiger partial charge in [-0.05, 0) is 75.0 Å². The fraction of sp³-hybridized carbons (Fsp3) is 0.481. The maximum absolute atomic E-state index is 13.8. The average molecular weight is 467 g/mol. The Bertz CT molecular complexity index is 1010. The Balaban J connectivity index is 1.44. The fourth-order valence-electron chi connectivity index (χ4n) is 4.70.